The lowest BCUT2D eigenvalue weighted by atomic mass is 10.2. The first-order valence-electron chi connectivity index (χ1n) is 3.72. The number of ether oxygens (including phenoxy) is 1. The van der Waals surface area contributed by atoms with Crippen LogP contribution in [0.5, 0.6) is 0 Å². The second-order valence-electron chi connectivity index (χ2n) is 2.89. The van der Waals surface area contributed by atoms with Crippen molar-refractivity contribution in [2.45, 2.75) is 6.42 Å². The van der Waals surface area contributed by atoms with Crippen LogP contribution in [0.3, 0.4) is 0 Å². The Morgan fingerprint density at radius 3 is 3.20 bits per heavy atom. The van der Waals surface area contributed by atoms with Crippen molar-refractivity contribution in [2.75, 3.05) is 26.3 Å². The average molecular weight is 139 g/mol. The molecule has 0 N–H and O–H groups in total. The Labute approximate surface area is 63.3 Å². The molecule has 0 saturated carbocycles. The first kappa shape index (κ1) is 7.83. The molecule has 0 bridgehead atoms. The molecule has 1 fully saturated rings. The second kappa shape index (κ2) is 3.79. The Hall–Kier alpha value is -0.275. The molecule has 10 heavy (non-hydrogen) atoms. The van der Waals surface area contributed by atoms with E-state index in [0.29, 0.717) is 0 Å². The minimum atomic E-state index is 0.740. The van der Waals surface area contributed by atoms with Gasteiger partial charge in [-0.3, -0.25) is 0 Å². The van der Waals surface area contributed by atoms with E-state index in [1.807, 2.05) is 0 Å². The van der Waals surface area contributed by atoms with E-state index in [1.165, 1.54) is 5.57 Å². The fourth-order valence-electron chi connectivity index (χ4n) is 1.16. The fraction of sp³-hybridized carbons (Fsp3) is 0.714. The highest BCUT2D eigenvalue weighted by molar-refractivity contribution is 6.04. The van der Waals surface area contributed by atoms with Gasteiger partial charge in [-0.15, -0.1) is 0 Å². The Balaban J connectivity index is 2.32. The predicted octanol–water partition coefficient (Wildman–Crippen LogP) is -0.187. The third kappa shape index (κ3) is 2.54. The molecule has 1 heterocycles. The van der Waals surface area contributed by atoms with Crippen LogP contribution in [-0.4, -0.2) is 39.1 Å². The van der Waals surface area contributed by atoms with E-state index >= 15 is 0 Å². The molecule has 1 saturated heterocycles. The summed E-state index contributed by atoms with van der Waals surface area (Å²) >= 11 is 0. The van der Waals surface area contributed by atoms with Gasteiger partial charge < -0.3 is 9.55 Å². The zero-order valence-electron chi connectivity index (χ0n) is 6.60. The lowest BCUT2D eigenvalue weighted by Crippen LogP contribution is -2.28. The van der Waals surface area contributed by atoms with Crippen LogP contribution in [0.25, 0.3) is 0 Å². The van der Waals surface area contributed by atoms with Crippen LogP contribution in [0, 0.1) is 0 Å². The summed E-state index contributed by atoms with van der Waals surface area (Å²) in [4.78, 5) is 2.28. The summed E-state index contributed by atoms with van der Waals surface area (Å²) in [5, 5.41) is 0. The summed E-state index contributed by atoms with van der Waals surface area (Å²) in [7, 11) is 2.12. The number of rotatable bonds is 0. The van der Waals surface area contributed by atoms with Crippen LogP contribution >= 0.6 is 0 Å². The standard InChI is InChI=1S/C7H14BNO/c1-7-5-9(8)3-2-4-10-6-7/h1-6,8H2. The SMILES string of the molecule is BN1CCCOCC(=C)C1. The van der Waals surface area contributed by atoms with E-state index < -0.39 is 0 Å². The molecule has 0 aromatic heterocycles. The van der Waals surface area contributed by atoms with Crippen molar-refractivity contribution in [3.05, 3.63) is 12.2 Å². The smallest absolute Gasteiger partial charge is 0.185 e. The summed E-state index contributed by atoms with van der Waals surface area (Å²) in [6.45, 7) is 7.63. The molecule has 0 aromatic rings. The summed E-state index contributed by atoms with van der Waals surface area (Å²) in [5.74, 6) is 0. The lowest BCUT2D eigenvalue weighted by Gasteiger charge is -2.21. The Kier molecular flexibility index (Phi) is 2.96. The van der Waals surface area contributed by atoms with Crippen molar-refractivity contribution in [1.29, 1.82) is 0 Å². The van der Waals surface area contributed by atoms with Crippen molar-refractivity contribution >= 4 is 7.98 Å². The van der Waals surface area contributed by atoms with Crippen molar-refractivity contribution in [1.82, 2.24) is 4.81 Å². The second-order valence-corrected chi connectivity index (χ2v) is 2.89. The molecule has 3 heteroatoms. The molecule has 0 aliphatic carbocycles. The Bertz CT molecular complexity index is 127. The topological polar surface area (TPSA) is 12.5 Å². The molecule has 0 radical (unpaired) electrons. The normalized spacial score (nSPS) is 23.8. The van der Waals surface area contributed by atoms with Crippen molar-refractivity contribution < 1.29 is 4.74 Å². The van der Waals surface area contributed by atoms with Gasteiger partial charge in [0.25, 0.3) is 0 Å². The molecule has 1 aliphatic rings. The summed E-state index contributed by atoms with van der Waals surface area (Å²) < 4.78 is 5.31. The Morgan fingerprint density at radius 1 is 1.60 bits per heavy atom. The molecular weight excluding hydrogens is 125 g/mol. The van der Waals surface area contributed by atoms with E-state index in [4.69, 9.17) is 4.74 Å². The van der Waals surface area contributed by atoms with Gasteiger partial charge in [0.15, 0.2) is 7.98 Å². The first-order valence-corrected chi connectivity index (χ1v) is 3.72. The molecule has 0 unspecified atom stereocenters. The van der Waals surface area contributed by atoms with Gasteiger partial charge in [-0.25, -0.2) is 0 Å². The van der Waals surface area contributed by atoms with Crippen LogP contribution in [0.2, 0.25) is 0 Å². The molecular formula is C7H14BNO. The van der Waals surface area contributed by atoms with Crippen molar-refractivity contribution in [3.8, 4) is 0 Å². The highest BCUT2D eigenvalue weighted by Gasteiger charge is 2.04. The molecule has 0 amide bonds. The van der Waals surface area contributed by atoms with Gasteiger partial charge in [0.2, 0.25) is 0 Å². The minimum absolute atomic E-state index is 0.740. The highest BCUT2D eigenvalue weighted by Crippen LogP contribution is 2.00. The summed E-state index contributed by atoms with van der Waals surface area (Å²) in [6, 6.07) is 0. The highest BCUT2D eigenvalue weighted by atomic mass is 16.5. The van der Waals surface area contributed by atoms with Crippen LogP contribution < -0.4 is 0 Å². The van der Waals surface area contributed by atoms with E-state index in [9.17, 15) is 0 Å². The predicted molar refractivity (Wildman–Crippen MR) is 44.7 cm³/mol. The Morgan fingerprint density at radius 2 is 2.40 bits per heavy atom. The molecule has 56 valence electrons. The van der Waals surface area contributed by atoms with Gasteiger partial charge in [-0.2, -0.15) is 0 Å². The van der Waals surface area contributed by atoms with Gasteiger partial charge in [0.05, 0.1) is 6.61 Å². The molecule has 1 aliphatic heterocycles. The maximum absolute atomic E-state index is 5.31. The zero-order chi connectivity index (χ0) is 7.40. The largest absolute Gasteiger partial charge is 0.377 e. The van der Waals surface area contributed by atoms with Crippen LogP contribution in [0.1, 0.15) is 6.42 Å². The van der Waals surface area contributed by atoms with Crippen molar-refractivity contribution in [3.63, 3.8) is 0 Å². The number of nitrogens with zero attached hydrogens (tertiary/aromatic N) is 1. The third-order valence-electron chi connectivity index (χ3n) is 1.63. The van der Waals surface area contributed by atoms with Gasteiger partial charge in [-0.05, 0) is 18.5 Å². The molecule has 0 atom stereocenters. The monoisotopic (exact) mass is 139 g/mol. The fourth-order valence-corrected chi connectivity index (χ4v) is 1.16. The third-order valence-corrected chi connectivity index (χ3v) is 1.63. The maximum Gasteiger partial charge on any atom is 0.185 e. The maximum atomic E-state index is 5.31. The number of hydrogen-bond donors (Lipinski definition) is 0. The molecule has 2 nitrogen and oxygen atoms in total. The average Bonchev–Trinajstić information content (AvgIpc) is 1.83. The van der Waals surface area contributed by atoms with E-state index in [-0.39, 0.29) is 0 Å². The molecule has 1 rings (SSSR count). The van der Waals surface area contributed by atoms with Crippen LogP contribution in [-0.2, 0) is 4.74 Å². The summed E-state index contributed by atoms with van der Waals surface area (Å²) in [5.41, 5.74) is 1.18. The van der Waals surface area contributed by atoms with E-state index in [1.54, 1.807) is 0 Å². The lowest BCUT2D eigenvalue weighted by molar-refractivity contribution is 0.135. The van der Waals surface area contributed by atoms with Gasteiger partial charge in [0, 0.05) is 13.2 Å². The van der Waals surface area contributed by atoms with Gasteiger partial charge in [-0.1, -0.05) is 6.58 Å². The quantitative estimate of drug-likeness (QED) is 0.340. The summed E-state index contributed by atoms with van der Waals surface area (Å²) in [6.07, 6.45) is 1.14. The van der Waals surface area contributed by atoms with E-state index in [0.717, 1.165) is 32.7 Å². The molecule has 0 aromatic carbocycles. The van der Waals surface area contributed by atoms with Gasteiger partial charge in [0.1, 0.15) is 0 Å². The van der Waals surface area contributed by atoms with Crippen LogP contribution in [0.15, 0.2) is 12.2 Å². The van der Waals surface area contributed by atoms with Crippen molar-refractivity contribution in [2.24, 2.45) is 0 Å². The number of hydrogen-bond acceptors (Lipinski definition) is 2. The van der Waals surface area contributed by atoms with Crippen LogP contribution in [0.4, 0.5) is 0 Å². The molecule has 0 spiro atoms. The minimum Gasteiger partial charge on any atom is -0.377 e. The van der Waals surface area contributed by atoms with Gasteiger partial charge >= 0.3 is 0 Å². The zero-order valence-corrected chi connectivity index (χ0v) is 6.60. The van der Waals surface area contributed by atoms with E-state index in [2.05, 4.69) is 19.4 Å². The first-order chi connectivity index (χ1) is 4.79.